The molecule has 7 nitrogen and oxygen atoms in total. The summed E-state index contributed by atoms with van der Waals surface area (Å²) in [5.74, 6) is -1.25. The van der Waals surface area contributed by atoms with Gasteiger partial charge in [0.25, 0.3) is 0 Å². The molecule has 1 rings (SSSR count). The molecular formula is C10H16N2O5S. The molecule has 1 heterocycles. The largest absolute Gasteiger partial charge is 0.480 e. The predicted octanol–water partition coefficient (Wildman–Crippen LogP) is 0.107. The summed E-state index contributed by atoms with van der Waals surface area (Å²) in [6, 6.07) is -1.40. The monoisotopic (exact) mass is 276 g/mol. The molecule has 1 fully saturated rings. The minimum Gasteiger partial charge on any atom is -0.480 e. The van der Waals surface area contributed by atoms with Gasteiger partial charge < -0.3 is 15.2 Å². The standard InChI is InChI=1S/C10H16N2O5S/c1-3-7-12(6(5-18-7)9(14)15)10(16)11-4-8(13)17-2/h6-7H,3-5H2,1-2H3,(H,11,16)(H,14,15). The van der Waals surface area contributed by atoms with Crippen molar-refractivity contribution in [2.24, 2.45) is 0 Å². The van der Waals surface area contributed by atoms with Crippen molar-refractivity contribution in [3.8, 4) is 0 Å². The maximum Gasteiger partial charge on any atom is 0.327 e. The third kappa shape index (κ3) is 3.28. The second-order valence-corrected chi connectivity index (χ2v) is 4.90. The van der Waals surface area contributed by atoms with Gasteiger partial charge in [-0.2, -0.15) is 0 Å². The van der Waals surface area contributed by atoms with Crippen LogP contribution in [0.3, 0.4) is 0 Å². The van der Waals surface area contributed by atoms with Crippen molar-refractivity contribution in [1.82, 2.24) is 10.2 Å². The summed E-state index contributed by atoms with van der Waals surface area (Å²) in [4.78, 5) is 35.1. The number of urea groups is 1. The van der Waals surface area contributed by atoms with Crippen molar-refractivity contribution in [3.05, 3.63) is 0 Å². The van der Waals surface area contributed by atoms with E-state index in [1.165, 1.54) is 23.8 Å². The van der Waals surface area contributed by atoms with E-state index in [1.54, 1.807) is 0 Å². The normalized spacial score (nSPS) is 22.7. The number of aliphatic carboxylic acids is 1. The highest BCUT2D eigenvalue weighted by Gasteiger charge is 2.40. The van der Waals surface area contributed by atoms with Gasteiger partial charge in [0, 0.05) is 5.75 Å². The molecule has 1 aliphatic rings. The van der Waals surface area contributed by atoms with Gasteiger partial charge in [0.1, 0.15) is 12.6 Å². The Bertz CT molecular complexity index is 349. The maximum absolute atomic E-state index is 11.9. The number of nitrogens with one attached hydrogen (secondary N) is 1. The van der Waals surface area contributed by atoms with Crippen molar-refractivity contribution in [3.63, 3.8) is 0 Å². The van der Waals surface area contributed by atoms with Crippen LogP contribution in [0.5, 0.6) is 0 Å². The lowest BCUT2D eigenvalue weighted by Gasteiger charge is -2.26. The highest BCUT2D eigenvalue weighted by molar-refractivity contribution is 8.00. The number of carboxylic acids is 1. The number of ether oxygens (including phenoxy) is 1. The lowest BCUT2D eigenvalue weighted by molar-refractivity contribution is -0.141. The second-order valence-electron chi connectivity index (χ2n) is 3.69. The van der Waals surface area contributed by atoms with Gasteiger partial charge in [-0.25, -0.2) is 9.59 Å². The van der Waals surface area contributed by atoms with E-state index in [9.17, 15) is 14.4 Å². The van der Waals surface area contributed by atoms with E-state index < -0.39 is 24.0 Å². The Balaban J connectivity index is 2.66. The fourth-order valence-electron chi connectivity index (χ4n) is 1.65. The van der Waals surface area contributed by atoms with E-state index in [-0.39, 0.29) is 11.9 Å². The number of esters is 1. The summed E-state index contributed by atoms with van der Waals surface area (Å²) < 4.78 is 4.40. The number of thioether (sulfide) groups is 1. The minimum atomic E-state index is -1.04. The molecule has 102 valence electrons. The molecule has 0 saturated carbocycles. The SMILES string of the molecule is CCC1SCC(C(=O)O)N1C(=O)NCC(=O)OC. The van der Waals surface area contributed by atoms with Crippen LogP contribution in [0.2, 0.25) is 0 Å². The zero-order chi connectivity index (χ0) is 13.7. The Kier molecular flexibility index (Phi) is 5.26. The van der Waals surface area contributed by atoms with Crippen molar-refractivity contribution in [1.29, 1.82) is 0 Å². The molecule has 0 aromatic heterocycles. The fourth-order valence-corrected chi connectivity index (χ4v) is 3.00. The number of carbonyl (C=O) groups excluding carboxylic acids is 2. The molecule has 8 heteroatoms. The maximum atomic E-state index is 11.9. The summed E-state index contributed by atoms with van der Waals surface area (Å²) >= 11 is 1.42. The topological polar surface area (TPSA) is 95.9 Å². The van der Waals surface area contributed by atoms with E-state index in [0.717, 1.165) is 0 Å². The molecule has 0 spiro atoms. The van der Waals surface area contributed by atoms with Crippen LogP contribution in [0.1, 0.15) is 13.3 Å². The molecule has 1 saturated heterocycles. The Labute approximate surface area is 109 Å². The van der Waals surface area contributed by atoms with Gasteiger partial charge in [-0.3, -0.25) is 9.69 Å². The first-order chi connectivity index (χ1) is 8.51. The van der Waals surface area contributed by atoms with Gasteiger partial charge in [-0.1, -0.05) is 6.92 Å². The zero-order valence-electron chi connectivity index (χ0n) is 10.2. The van der Waals surface area contributed by atoms with Gasteiger partial charge >= 0.3 is 18.0 Å². The Morgan fingerprint density at radius 3 is 2.67 bits per heavy atom. The highest BCUT2D eigenvalue weighted by Crippen LogP contribution is 2.31. The Hall–Kier alpha value is -1.44. The van der Waals surface area contributed by atoms with Gasteiger partial charge in [0.15, 0.2) is 0 Å². The number of carbonyl (C=O) groups is 3. The molecule has 1 aliphatic heterocycles. The first-order valence-electron chi connectivity index (χ1n) is 5.48. The minimum absolute atomic E-state index is 0.177. The smallest absolute Gasteiger partial charge is 0.327 e. The van der Waals surface area contributed by atoms with E-state index in [4.69, 9.17) is 5.11 Å². The molecule has 2 amide bonds. The lowest BCUT2D eigenvalue weighted by Crippen LogP contribution is -2.51. The Morgan fingerprint density at radius 2 is 2.17 bits per heavy atom. The summed E-state index contributed by atoms with van der Waals surface area (Å²) in [5.41, 5.74) is 0. The summed E-state index contributed by atoms with van der Waals surface area (Å²) in [5, 5.41) is 11.2. The van der Waals surface area contributed by atoms with Crippen LogP contribution in [0.15, 0.2) is 0 Å². The van der Waals surface area contributed by atoms with Crippen LogP contribution in [0, 0.1) is 0 Å². The van der Waals surface area contributed by atoms with Gasteiger partial charge in [0.2, 0.25) is 0 Å². The van der Waals surface area contributed by atoms with Gasteiger partial charge in [0.05, 0.1) is 12.5 Å². The molecule has 2 N–H and O–H groups in total. The number of amides is 2. The molecule has 0 radical (unpaired) electrons. The zero-order valence-corrected chi connectivity index (χ0v) is 11.0. The van der Waals surface area contributed by atoms with Crippen molar-refractivity contribution >= 4 is 29.7 Å². The average Bonchev–Trinajstić information content (AvgIpc) is 2.79. The number of nitrogens with zero attached hydrogens (tertiary/aromatic N) is 1. The van der Waals surface area contributed by atoms with E-state index in [1.807, 2.05) is 6.92 Å². The first kappa shape index (κ1) is 14.6. The number of hydrogen-bond donors (Lipinski definition) is 2. The van der Waals surface area contributed by atoms with Gasteiger partial charge in [-0.05, 0) is 6.42 Å². The molecule has 0 aromatic carbocycles. The molecule has 0 aliphatic carbocycles. The van der Waals surface area contributed by atoms with Crippen LogP contribution in [0.4, 0.5) is 4.79 Å². The molecule has 0 aromatic rings. The molecule has 2 unspecified atom stereocenters. The second kappa shape index (κ2) is 6.48. The number of hydrogen-bond acceptors (Lipinski definition) is 5. The van der Waals surface area contributed by atoms with E-state index in [2.05, 4.69) is 10.1 Å². The van der Waals surface area contributed by atoms with Crippen LogP contribution in [0.25, 0.3) is 0 Å². The van der Waals surface area contributed by atoms with E-state index >= 15 is 0 Å². The molecule has 18 heavy (non-hydrogen) atoms. The predicted molar refractivity (Wildman–Crippen MR) is 65.2 cm³/mol. The van der Waals surface area contributed by atoms with Crippen molar-refractivity contribution in [2.45, 2.75) is 24.8 Å². The number of carboxylic acid groups (broad SMARTS) is 1. The average molecular weight is 276 g/mol. The molecule has 2 atom stereocenters. The summed E-state index contributed by atoms with van der Waals surface area (Å²) in [7, 11) is 1.22. The number of rotatable bonds is 4. The molecular weight excluding hydrogens is 260 g/mol. The Morgan fingerprint density at radius 1 is 1.50 bits per heavy atom. The van der Waals surface area contributed by atoms with Crippen LogP contribution in [-0.2, 0) is 14.3 Å². The third-order valence-electron chi connectivity index (χ3n) is 2.57. The first-order valence-corrected chi connectivity index (χ1v) is 6.53. The van der Waals surface area contributed by atoms with Crippen LogP contribution >= 0.6 is 11.8 Å². The van der Waals surface area contributed by atoms with Crippen LogP contribution < -0.4 is 5.32 Å². The van der Waals surface area contributed by atoms with Gasteiger partial charge in [-0.15, -0.1) is 11.8 Å². The third-order valence-corrected chi connectivity index (χ3v) is 4.03. The summed E-state index contributed by atoms with van der Waals surface area (Å²) in [6.45, 7) is 1.61. The quantitative estimate of drug-likeness (QED) is 0.707. The molecule has 0 bridgehead atoms. The van der Waals surface area contributed by atoms with Crippen molar-refractivity contribution < 1.29 is 24.2 Å². The summed E-state index contributed by atoms with van der Waals surface area (Å²) in [6.07, 6.45) is 0.653. The fraction of sp³-hybridized carbons (Fsp3) is 0.700. The van der Waals surface area contributed by atoms with Crippen LogP contribution in [-0.4, -0.2) is 58.8 Å². The lowest BCUT2D eigenvalue weighted by atomic mass is 10.3. The van der Waals surface area contributed by atoms with E-state index in [0.29, 0.717) is 12.2 Å². The highest BCUT2D eigenvalue weighted by atomic mass is 32.2. The van der Waals surface area contributed by atoms with Crippen molar-refractivity contribution in [2.75, 3.05) is 19.4 Å². The number of methoxy groups -OCH3 is 1.